The van der Waals surface area contributed by atoms with Gasteiger partial charge in [-0.1, -0.05) is 39.5 Å². The Hall–Kier alpha value is -1.99. The van der Waals surface area contributed by atoms with Crippen molar-refractivity contribution in [2.24, 2.45) is 0 Å². The molecular weight excluding hydrogens is 378 g/mol. The van der Waals surface area contributed by atoms with E-state index >= 15 is 0 Å². The van der Waals surface area contributed by atoms with Crippen LogP contribution < -0.4 is 5.32 Å². The molecule has 1 aromatic carbocycles. The molecule has 0 radical (unpaired) electrons. The quantitative estimate of drug-likeness (QED) is 0.711. The Bertz CT molecular complexity index is 811. The Labute approximate surface area is 146 Å². The summed E-state index contributed by atoms with van der Waals surface area (Å²) in [6.07, 6.45) is 0.688. The summed E-state index contributed by atoms with van der Waals surface area (Å²) in [5.74, 6) is 1.31. The number of furan rings is 1. The lowest BCUT2D eigenvalue weighted by Crippen LogP contribution is -2.22. The molecule has 2 aromatic heterocycles. The second kappa shape index (κ2) is 7.06. The monoisotopic (exact) mass is 391 g/mol. The van der Waals surface area contributed by atoms with E-state index in [4.69, 9.17) is 4.42 Å². The number of halogens is 1. The molecule has 0 aliphatic rings. The molecule has 0 saturated carbocycles. The van der Waals surface area contributed by atoms with Gasteiger partial charge in [-0.2, -0.15) is 0 Å². The van der Waals surface area contributed by atoms with Crippen LogP contribution >= 0.6 is 27.5 Å². The minimum Gasteiger partial charge on any atom is -0.459 e. The summed E-state index contributed by atoms with van der Waals surface area (Å²) >= 11 is 4.52. The Balaban J connectivity index is 1.65. The molecular formula is C16H14BrN3O2S. The summed E-state index contributed by atoms with van der Waals surface area (Å²) in [7, 11) is 0. The van der Waals surface area contributed by atoms with E-state index in [9.17, 15) is 4.79 Å². The zero-order valence-corrected chi connectivity index (χ0v) is 14.8. The first-order chi connectivity index (χ1) is 11.2. The molecule has 23 heavy (non-hydrogen) atoms. The summed E-state index contributed by atoms with van der Waals surface area (Å²) in [4.78, 5) is 12.7. The van der Waals surface area contributed by atoms with Crippen molar-refractivity contribution in [1.82, 2.24) is 14.9 Å². The summed E-state index contributed by atoms with van der Waals surface area (Å²) in [5.41, 5.74) is 1.72. The fourth-order valence-corrected chi connectivity index (χ4v) is 3.03. The summed E-state index contributed by atoms with van der Waals surface area (Å²) in [6.45, 7) is 2.28. The van der Waals surface area contributed by atoms with Crippen molar-refractivity contribution < 1.29 is 9.21 Å². The Morgan fingerprint density at radius 3 is 2.78 bits per heavy atom. The van der Waals surface area contributed by atoms with E-state index in [1.807, 2.05) is 43.3 Å². The van der Waals surface area contributed by atoms with Crippen LogP contribution in [0.4, 0.5) is 0 Å². The van der Waals surface area contributed by atoms with Gasteiger partial charge in [0.2, 0.25) is 0 Å². The molecule has 3 aromatic rings. The molecule has 0 aliphatic carbocycles. The van der Waals surface area contributed by atoms with Gasteiger partial charge in [-0.15, -0.1) is 5.10 Å². The number of aromatic nitrogens is 2. The first-order valence-electron chi connectivity index (χ1n) is 7.11. The molecule has 0 unspecified atom stereocenters. The Morgan fingerprint density at radius 1 is 1.26 bits per heavy atom. The molecule has 0 spiro atoms. The van der Waals surface area contributed by atoms with Gasteiger partial charge < -0.3 is 9.73 Å². The molecule has 0 saturated heterocycles. The average Bonchev–Trinajstić information content (AvgIpc) is 3.22. The molecule has 0 bridgehead atoms. The molecule has 0 atom stereocenters. The molecule has 0 fully saturated rings. The number of benzene rings is 1. The normalized spacial score (nSPS) is 10.7. The molecule has 118 valence electrons. The number of aryl methyl sites for hydroxylation is 1. The van der Waals surface area contributed by atoms with Crippen molar-refractivity contribution in [2.45, 2.75) is 19.9 Å². The van der Waals surface area contributed by atoms with Gasteiger partial charge >= 0.3 is 0 Å². The predicted molar refractivity (Wildman–Crippen MR) is 92.3 cm³/mol. The van der Waals surface area contributed by atoms with Gasteiger partial charge in [-0.3, -0.25) is 4.79 Å². The van der Waals surface area contributed by atoms with Crippen LogP contribution in [0, 0.1) is 0 Å². The zero-order valence-electron chi connectivity index (χ0n) is 12.4. The maximum atomic E-state index is 12.1. The molecule has 5 nitrogen and oxygen atoms in total. The van der Waals surface area contributed by atoms with Gasteiger partial charge in [0.15, 0.2) is 0 Å². The number of amides is 1. The standard InChI is InChI=1S/C16H14BrN3O2S/c1-2-13-15(23-20-19-13)16(21)18-9-12-7-8-14(22-12)10-3-5-11(17)6-4-10/h3-8H,2,9H2,1H3,(H,18,21). The Morgan fingerprint density at radius 2 is 2.04 bits per heavy atom. The van der Waals surface area contributed by atoms with E-state index in [0.29, 0.717) is 23.6 Å². The van der Waals surface area contributed by atoms with Crippen molar-refractivity contribution in [3.8, 4) is 11.3 Å². The van der Waals surface area contributed by atoms with Gasteiger partial charge in [0.25, 0.3) is 5.91 Å². The van der Waals surface area contributed by atoms with Gasteiger partial charge in [-0.25, -0.2) is 0 Å². The van der Waals surface area contributed by atoms with Crippen molar-refractivity contribution in [3.05, 3.63) is 57.2 Å². The van der Waals surface area contributed by atoms with E-state index in [0.717, 1.165) is 33.0 Å². The minimum atomic E-state index is -0.168. The summed E-state index contributed by atoms with van der Waals surface area (Å²) in [5, 5.41) is 6.78. The minimum absolute atomic E-state index is 0.168. The van der Waals surface area contributed by atoms with Crippen LogP contribution in [0.25, 0.3) is 11.3 Å². The fraction of sp³-hybridized carbons (Fsp3) is 0.188. The van der Waals surface area contributed by atoms with Crippen LogP contribution in [-0.4, -0.2) is 15.5 Å². The number of rotatable bonds is 5. The van der Waals surface area contributed by atoms with Gasteiger partial charge in [0, 0.05) is 10.0 Å². The molecule has 1 N–H and O–H groups in total. The second-order valence-corrected chi connectivity index (χ2v) is 6.53. The predicted octanol–water partition coefficient (Wildman–Crippen LogP) is 4.05. The van der Waals surface area contributed by atoms with E-state index in [1.165, 1.54) is 0 Å². The van der Waals surface area contributed by atoms with Crippen LogP contribution in [0.1, 0.15) is 28.0 Å². The maximum absolute atomic E-state index is 12.1. The van der Waals surface area contributed by atoms with Gasteiger partial charge in [-0.05, 0) is 42.2 Å². The second-order valence-electron chi connectivity index (χ2n) is 4.86. The van der Waals surface area contributed by atoms with Crippen molar-refractivity contribution in [1.29, 1.82) is 0 Å². The highest BCUT2D eigenvalue weighted by Gasteiger charge is 2.15. The Kier molecular flexibility index (Phi) is 4.88. The highest BCUT2D eigenvalue weighted by molar-refractivity contribution is 9.10. The van der Waals surface area contributed by atoms with Crippen molar-refractivity contribution >= 4 is 33.4 Å². The molecule has 1 amide bonds. The van der Waals surface area contributed by atoms with E-state index < -0.39 is 0 Å². The highest BCUT2D eigenvalue weighted by atomic mass is 79.9. The number of nitrogens with zero attached hydrogens (tertiary/aromatic N) is 2. The lowest BCUT2D eigenvalue weighted by molar-refractivity contribution is 0.0951. The zero-order chi connectivity index (χ0) is 16.2. The maximum Gasteiger partial charge on any atom is 0.265 e. The number of hydrogen-bond donors (Lipinski definition) is 1. The number of nitrogens with one attached hydrogen (secondary N) is 1. The van der Waals surface area contributed by atoms with Crippen LogP contribution in [0.3, 0.4) is 0 Å². The largest absolute Gasteiger partial charge is 0.459 e. The van der Waals surface area contributed by atoms with Crippen molar-refractivity contribution in [2.75, 3.05) is 0 Å². The van der Waals surface area contributed by atoms with E-state index in [-0.39, 0.29) is 5.91 Å². The molecule has 7 heteroatoms. The fourth-order valence-electron chi connectivity index (χ4n) is 2.10. The van der Waals surface area contributed by atoms with Crippen LogP contribution in [0.5, 0.6) is 0 Å². The third kappa shape index (κ3) is 3.68. The third-order valence-electron chi connectivity index (χ3n) is 3.31. The first kappa shape index (κ1) is 15.9. The topological polar surface area (TPSA) is 68.0 Å². The lowest BCUT2D eigenvalue weighted by Gasteiger charge is -2.02. The number of carbonyl (C=O) groups is 1. The number of hydrogen-bond acceptors (Lipinski definition) is 5. The highest BCUT2D eigenvalue weighted by Crippen LogP contribution is 2.24. The molecule has 3 rings (SSSR count). The van der Waals surface area contributed by atoms with Gasteiger partial charge in [0.1, 0.15) is 16.4 Å². The number of carbonyl (C=O) groups excluding carboxylic acids is 1. The van der Waals surface area contributed by atoms with Crippen LogP contribution in [-0.2, 0) is 13.0 Å². The van der Waals surface area contributed by atoms with Gasteiger partial charge in [0.05, 0.1) is 12.2 Å². The van der Waals surface area contributed by atoms with E-state index in [1.54, 1.807) is 0 Å². The smallest absolute Gasteiger partial charge is 0.265 e. The SMILES string of the molecule is CCc1nnsc1C(=O)NCc1ccc(-c2ccc(Br)cc2)o1. The first-order valence-corrected chi connectivity index (χ1v) is 8.68. The van der Waals surface area contributed by atoms with Crippen LogP contribution in [0.2, 0.25) is 0 Å². The average molecular weight is 392 g/mol. The van der Waals surface area contributed by atoms with E-state index in [2.05, 4.69) is 30.8 Å². The van der Waals surface area contributed by atoms with Crippen molar-refractivity contribution in [3.63, 3.8) is 0 Å². The lowest BCUT2D eigenvalue weighted by atomic mass is 10.2. The molecule has 0 aliphatic heterocycles. The van der Waals surface area contributed by atoms with Crippen LogP contribution in [0.15, 0.2) is 45.3 Å². The summed E-state index contributed by atoms with van der Waals surface area (Å²) in [6, 6.07) is 11.6. The summed E-state index contributed by atoms with van der Waals surface area (Å²) < 4.78 is 10.6. The third-order valence-corrected chi connectivity index (χ3v) is 4.61. The molecule has 2 heterocycles.